The molecule has 1 aliphatic heterocycles. The first kappa shape index (κ1) is 50.9. The summed E-state index contributed by atoms with van der Waals surface area (Å²) in [6, 6.07) is 1.47. The molecule has 1 atom stereocenters. The van der Waals surface area contributed by atoms with Crippen LogP contribution in [0.5, 0.6) is 0 Å². The molecule has 1 saturated heterocycles. The van der Waals surface area contributed by atoms with E-state index in [2.05, 4.69) is 0 Å². The van der Waals surface area contributed by atoms with E-state index in [1.54, 1.807) is 28.4 Å². The van der Waals surface area contributed by atoms with Crippen LogP contribution in [0, 0.1) is 0 Å². The van der Waals surface area contributed by atoms with Crippen LogP contribution < -0.4 is 5.73 Å². The predicted octanol–water partition coefficient (Wildman–Crippen LogP) is 6.63. The molecule has 0 saturated carbocycles. The number of rotatable bonds is 11. The van der Waals surface area contributed by atoms with Crippen molar-refractivity contribution in [3.8, 4) is 0 Å². The van der Waals surface area contributed by atoms with Gasteiger partial charge >= 0.3 is 17.6 Å². The Morgan fingerprint density at radius 3 is 1.18 bits per heavy atom. The highest BCUT2D eigenvalue weighted by atomic mass is 28.4. The Morgan fingerprint density at radius 1 is 0.676 bits per heavy atom. The lowest BCUT2D eigenvalue weighted by Gasteiger charge is -2.33. The van der Waals surface area contributed by atoms with Crippen LogP contribution in [0.2, 0.25) is 12.1 Å². The standard InChI is InChI=1S/C10H22O4Si.C8H21NO3Si.6CH4/c1-10(2,3)14-15(11-4,12-5)7-6-9-8-13-9;1-8(2,3)12-13(10-4,11-5)7-6-9;;;;;;/h9H,6-8H2,1-5H3;6-7,9H2,1-5H3;6*1H4. The van der Waals surface area contributed by atoms with Gasteiger partial charge in [0.25, 0.3) is 0 Å². The van der Waals surface area contributed by atoms with Gasteiger partial charge in [0.15, 0.2) is 0 Å². The maximum Gasteiger partial charge on any atom is 0.502 e. The third-order valence-corrected chi connectivity index (χ3v) is 9.93. The topological polar surface area (TPSA) is 93.9 Å². The van der Waals surface area contributed by atoms with Crippen LogP contribution in [-0.4, -0.2) is 76.5 Å². The van der Waals surface area contributed by atoms with Crippen molar-refractivity contribution in [1.29, 1.82) is 0 Å². The minimum absolute atomic E-state index is 0. The van der Waals surface area contributed by atoms with Crippen molar-refractivity contribution in [2.75, 3.05) is 41.6 Å². The van der Waals surface area contributed by atoms with Gasteiger partial charge < -0.3 is 37.0 Å². The van der Waals surface area contributed by atoms with E-state index in [9.17, 15) is 0 Å². The molecule has 0 amide bonds. The second-order valence-electron chi connectivity index (χ2n) is 8.64. The molecule has 1 rings (SSSR count). The van der Waals surface area contributed by atoms with E-state index in [1.165, 1.54) is 0 Å². The third-order valence-electron chi connectivity index (χ3n) is 3.79. The van der Waals surface area contributed by atoms with Crippen molar-refractivity contribution in [1.82, 2.24) is 0 Å². The first-order valence-electron chi connectivity index (χ1n) is 9.72. The second-order valence-corrected chi connectivity index (χ2v) is 14.4. The van der Waals surface area contributed by atoms with Crippen molar-refractivity contribution < 1.29 is 31.3 Å². The molecule has 0 aromatic rings. The van der Waals surface area contributed by atoms with Crippen molar-refractivity contribution in [2.24, 2.45) is 5.73 Å². The van der Waals surface area contributed by atoms with E-state index >= 15 is 0 Å². The molecule has 8 nitrogen and oxygen atoms in total. The van der Waals surface area contributed by atoms with Gasteiger partial charge in [-0.1, -0.05) is 44.6 Å². The monoisotopic (exact) mass is 537 g/mol. The smallest absolute Gasteiger partial charge is 0.377 e. The van der Waals surface area contributed by atoms with Crippen LogP contribution in [0.4, 0.5) is 0 Å². The van der Waals surface area contributed by atoms with E-state index in [4.69, 9.17) is 37.0 Å². The predicted molar refractivity (Wildman–Crippen MR) is 155 cm³/mol. The molecule has 0 aromatic heterocycles. The Labute approximate surface area is 218 Å². The van der Waals surface area contributed by atoms with Crippen LogP contribution in [-0.2, 0) is 31.3 Å². The largest absolute Gasteiger partial charge is 0.502 e. The Bertz CT molecular complexity index is 419. The van der Waals surface area contributed by atoms with Crippen molar-refractivity contribution in [3.05, 3.63) is 0 Å². The molecule has 0 bridgehead atoms. The highest BCUT2D eigenvalue weighted by Gasteiger charge is 2.44. The van der Waals surface area contributed by atoms with Gasteiger partial charge in [0.1, 0.15) is 0 Å². The summed E-state index contributed by atoms with van der Waals surface area (Å²) in [6.45, 7) is 13.4. The Kier molecular flexibility index (Phi) is 33.4. The van der Waals surface area contributed by atoms with E-state index < -0.39 is 17.6 Å². The molecule has 1 unspecified atom stereocenters. The van der Waals surface area contributed by atoms with Crippen LogP contribution in [0.15, 0.2) is 0 Å². The Morgan fingerprint density at radius 2 is 0.971 bits per heavy atom. The van der Waals surface area contributed by atoms with E-state index in [1.807, 2.05) is 41.5 Å². The van der Waals surface area contributed by atoms with Gasteiger partial charge in [-0.15, -0.1) is 0 Å². The van der Waals surface area contributed by atoms with E-state index in [-0.39, 0.29) is 55.8 Å². The van der Waals surface area contributed by atoms with Gasteiger partial charge in [-0.3, -0.25) is 0 Å². The highest BCUT2D eigenvalue weighted by molar-refractivity contribution is 6.61. The molecule has 218 valence electrons. The molecule has 2 N–H and O–H groups in total. The molecule has 34 heavy (non-hydrogen) atoms. The molecule has 10 heteroatoms. The lowest BCUT2D eigenvalue weighted by atomic mass is 10.2. The number of epoxide rings is 1. The number of hydrogen-bond acceptors (Lipinski definition) is 8. The summed E-state index contributed by atoms with van der Waals surface area (Å²) in [7, 11) is 1.55. The Balaban J connectivity index is -0.0000000735. The highest BCUT2D eigenvalue weighted by Crippen LogP contribution is 2.27. The zero-order valence-corrected chi connectivity index (χ0v) is 21.5. The van der Waals surface area contributed by atoms with Crippen LogP contribution >= 0.6 is 0 Å². The first-order valence-corrected chi connectivity index (χ1v) is 13.6. The average molecular weight is 538 g/mol. The van der Waals surface area contributed by atoms with Crippen LogP contribution in [0.25, 0.3) is 0 Å². The molecule has 0 aromatic carbocycles. The molecule has 0 spiro atoms. The minimum Gasteiger partial charge on any atom is -0.377 e. The van der Waals surface area contributed by atoms with Crippen molar-refractivity contribution in [3.63, 3.8) is 0 Å². The fourth-order valence-corrected chi connectivity index (χ4v) is 7.11. The molecule has 1 fully saturated rings. The summed E-state index contributed by atoms with van der Waals surface area (Å²) in [5.41, 5.74) is 4.99. The van der Waals surface area contributed by atoms with Crippen LogP contribution in [0.3, 0.4) is 0 Å². The SMILES string of the molecule is C.C.C.C.C.C.CO[Si](CCC1CO1)(OC)OC(C)(C)C.CO[Si](CCN)(OC)OC(C)(C)C. The number of nitrogens with two attached hydrogens (primary N) is 1. The number of hydrogen-bond donors (Lipinski definition) is 1. The normalized spacial score (nSPS) is 14.7. The van der Waals surface area contributed by atoms with E-state index in [0.717, 1.165) is 19.1 Å². The fraction of sp³-hybridized carbons (Fsp3) is 1.00. The molecular formula is C24H67NO7Si2. The van der Waals surface area contributed by atoms with Gasteiger partial charge in [-0.25, -0.2) is 0 Å². The maximum atomic E-state index is 5.94. The summed E-state index contributed by atoms with van der Waals surface area (Å²) in [4.78, 5) is 0. The first-order chi connectivity index (χ1) is 12.8. The molecule has 0 aliphatic carbocycles. The second kappa shape index (κ2) is 22.3. The fourth-order valence-electron chi connectivity index (χ4n) is 2.53. The summed E-state index contributed by atoms with van der Waals surface area (Å²) in [5, 5.41) is 0. The summed E-state index contributed by atoms with van der Waals surface area (Å²) in [5.74, 6) is 0. The zero-order valence-electron chi connectivity index (χ0n) is 19.5. The van der Waals surface area contributed by atoms with Gasteiger partial charge in [-0.2, -0.15) is 0 Å². The van der Waals surface area contributed by atoms with E-state index in [0.29, 0.717) is 18.7 Å². The molecule has 0 radical (unpaired) electrons. The minimum atomic E-state index is -2.50. The van der Waals surface area contributed by atoms with Crippen molar-refractivity contribution in [2.45, 2.75) is 122 Å². The van der Waals surface area contributed by atoms with Gasteiger partial charge in [-0.05, 0) is 54.5 Å². The van der Waals surface area contributed by atoms with Gasteiger partial charge in [0.2, 0.25) is 0 Å². The third kappa shape index (κ3) is 22.6. The molecule has 1 aliphatic rings. The number of ether oxygens (including phenoxy) is 1. The van der Waals surface area contributed by atoms with Crippen LogP contribution in [0.1, 0.15) is 92.5 Å². The quantitative estimate of drug-likeness (QED) is 0.232. The van der Waals surface area contributed by atoms with Gasteiger partial charge in [0.05, 0.1) is 23.9 Å². The summed E-state index contributed by atoms with van der Waals surface area (Å²) >= 11 is 0. The Hall–Kier alpha value is 0.114. The van der Waals surface area contributed by atoms with Gasteiger partial charge in [0, 0.05) is 40.5 Å². The van der Waals surface area contributed by atoms with Crippen molar-refractivity contribution >= 4 is 17.6 Å². The lowest BCUT2D eigenvalue weighted by molar-refractivity contribution is 0.0153. The summed E-state index contributed by atoms with van der Waals surface area (Å²) in [6.07, 6.45) is 1.36. The molecular weight excluding hydrogens is 470 g/mol. The molecule has 1 heterocycles. The maximum absolute atomic E-state index is 5.94. The average Bonchev–Trinajstić information content (AvgIpc) is 3.41. The summed E-state index contributed by atoms with van der Waals surface area (Å²) < 4.78 is 38.5. The lowest BCUT2D eigenvalue weighted by Crippen LogP contribution is -2.50. The zero-order chi connectivity index (χ0) is 22.1.